The van der Waals surface area contributed by atoms with Gasteiger partial charge in [0.15, 0.2) is 0 Å². The Hall–Kier alpha value is -1.10. The van der Waals surface area contributed by atoms with Gasteiger partial charge in [-0.2, -0.15) is 0 Å². The van der Waals surface area contributed by atoms with Gasteiger partial charge in [0.2, 0.25) is 5.91 Å². The molecule has 5 heteroatoms. The smallest absolute Gasteiger partial charge is 0.315 e. The van der Waals surface area contributed by atoms with Crippen molar-refractivity contribution in [1.82, 2.24) is 15.1 Å². The van der Waals surface area contributed by atoms with Gasteiger partial charge in [-0.05, 0) is 32.9 Å². The van der Waals surface area contributed by atoms with Gasteiger partial charge in [-0.15, -0.1) is 0 Å². The number of nitrogens with one attached hydrogen (secondary N) is 1. The molecule has 2 heterocycles. The van der Waals surface area contributed by atoms with E-state index < -0.39 is 0 Å². The van der Waals surface area contributed by atoms with Crippen LogP contribution < -0.4 is 5.32 Å². The zero-order valence-corrected chi connectivity index (χ0v) is 9.03. The van der Waals surface area contributed by atoms with Crippen LogP contribution in [0.5, 0.6) is 0 Å². The topological polar surface area (TPSA) is 52.6 Å². The molecule has 2 saturated heterocycles. The van der Waals surface area contributed by atoms with E-state index in [4.69, 9.17) is 0 Å². The van der Waals surface area contributed by atoms with E-state index >= 15 is 0 Å². The Labute approximate surface area is 89.4 Å². The lowest BCUT2D eigenvalue weighted by Crippen LogP contribution is -2.33. The quantitative estimate of drug-likeness (QED) is 0.670. The maximum absolute atomic E-state index is 11.3. The van der Waals surface area contributed by atoms with Crippen LogP contribution in [0.15, 0.2) is 0 Å². The van der Waals surface area contributed by atoms with E-state index in [0.29, 0.717) is 12.6 Å². The number of amides is 3. The molecule has 84 valence electrons. The van der Waals surface area contributed by atoms with Gasteiger partial charge < -0.3 is 9.80 Å². The molecule has 3 amide bonds. The lowest BCUT2D eigenvalue weighted by Gasteiger charge is -2.21. The van der Waals surface area contributed by atoms with Crippen LogP contribution in [0.2, 0.25) is 0 Å². The van der Waals surface area contributed by atoms with E-state index in [1.807, 2.05) is 0 Å². The lowest BCUT2D eigenvalue weighted by molar-refractivity contribution is -0.118. The first kappa shape index (κ1) is 10.4. The van der Waals surface area contributed by atoms with Gasteiger partial charge >= 0.3 is 6.03 Å². The molecule has 0 bridgehead atoms. The van der Waals surface area contributed by atoms with Crippen molar-refractivity contribution in [2.75, 3.05) is 26.7 Å². The van der Waals surface area contributed by atoms with E-state index in [1.54, 1.807) is 4.90 Å². The highest BCUT2D eigenvalue weighted by molar-refractivity contribution is 6.01. The number of carbonyl (C=O) groups excluding carboxylic acids is 2. The minimum Gasteiger partial charge on any atom is -0.315 e. The molecule has 0 aliphatic carbocycles. The van der Waals surface area contributed by atoms with Crippen LogP contribution in [0.3, 0.4) is 0 Å². The molecule has 0 radical (unpaired) electrons. The fraction of sp³-hybridized carbons (Fsp3) is 0.800. The van der Waals surface area contributed by atoms with Crippen molar-refractivity contribution in [2.45, 2.75) is 25.3 Å². The van der Waals surface area contributed by atoms with Gasteiger partial charge in [0.25, 0.3) is 0 Å². The summed E-state index contributed by atoms with van der Waals surface area (Å²) >= 11 is 0. The van der Waals surface area contributed by atoms with E-state index in [9.17, 15) is 9.59 Å². The first-order valence-electron chi connectivity index (χ1n) is 5.46. The summed E-state index contributed by atoms with van der Waals surface area (Å²) in [6.07, 6.45) is 3.42. The molecule has 2 aliphatic heterocycles. The minimum atomic E-state index is -0.236. The van der Waals surface area contributed by atoms with Gasteiger partial charge in [0.1, 0.15) is 6.54 Å². The van der Waals surface area contributed by atoms with Crippen molar-refractivity contribution < 1.29 is 9.59 Å². The number of urea groups is 1. The molecule has 2 fully saturated rings. The molecular formula is C10H17N3O2. The van der Waals surface area contributed by atoms with Crippen LogP contribution in [0, 0.1) is 0 Å². The van der Waals surface area contributed by atoms with Crippen molar-refractivity contribution >= 4 is 11.9 Å². The lowest BCUT2D eigenvalue weighted by atomic mass is 10.1. The van der Waals surface area contributed by atoms with Crippen LogP contribution in [0.1, 0.15) is 19.3 Å². The van der Waals surface area contributed by atoms with Crippen LogP contribution in [-0.2, 0) is 4.79 Å². The zero-order chi connectivity index (χ0) is 10.8. The predicted octanol–water partition coefficient (Wildman–Crippen LogP) is 0.0225. The average molecular weight is 211 g/mol. The normalized spacial score (nSPS) is 27.5. The number of carbonyl (C=O) groups is 2. The van der Waals surface area contributed by atoms with Crippen molar-refractivity contribution in [3.8, 4) is 0 Å². The second-order valence-electron chi connectivity index (χ2n) is 4.34. The van der Waals surface area contributed by atoms with Gasteiger partial charge in [0.05, 0.1) is 0 Å². The molecule has 0 aromatic heterocycles. The first-order valence-corrected chi connectivity index (χ1v) is 5.46. The van der Waals surface area contributed by atoms with Crippen molar-refractivity contribution in [3.63, 3.8) is 0 Å². The predicted molar refractivity (Wildman–Crippen MR) is 55.4 cm³/mol. The second-order valence-corrected chi connectivity index (χ2v) is 4.34. The summed E-state index contributed by atoms with van der Waals surface area (Å²) < 4.78 is 0. The van der Waals surface area contributed by atoms with Crippen LogP contribution in [0.4, 0.5) is 4.79 Å². The molecule has 1 unspecified atom stereocenters. The van der Waals surface area contributed by atoms with Crippen molar-refractivity contribution in [2.24, 2.45) is 0 Å². The molecule has 1 atom stereocenters. The number of nitrogens with zero attached hydrogens (tertiary/aromatic N) is 2. The zero-order valence-electron chi connectivity index (χ0n) is 9.03. The Bertz CT molecular complexity index is 280. The van der Waals surface area contributed by atoms with Crippen LogP contribution in [0.25, 0.3) is 0 Å². The summed E-state index contributed by atoms with van der Waals surface area (Å²) in [6.45, 7) is 2.07. The van der Waals surface area contributed by atoms with Crippen LogP contribution in [-0.4, -0.2) is 54.5 Å². The largest absolute Gasteiger partial charge is 0.324 e. The minimum absolute atomic E-state index is 0.181. The third-order valence-corrected chi connectivity index (χ3v) is 3.27. The maximum Gasteiger partial charge on any atom is 0.324 e. The number of hydrogen-bond acceptors (Lipinski definition) is 3. The van der Waals surface area contributed by atoms with Crippen molar-refractivity contribution in [3.05, 3.63) is 0 Å². The summed E-state index contributed by atoms with van der Waals surface area (Å²) in [4.78, 5) is 26.1. The number of imide groups is 1. The molecule has 0 aromatic rings. The third kappa shape index (κ3) is 2.28. The second kappa shape index (κ2) is 4.18. The Balaban J connectivity index is 1.78. The molecular weight excluding hydrogens is 194 g/mol. The Morgan fingerprint density at radius 1 is 1.47 bits per heavy atom. The molecule has 0 aromatic carbocycles. The fourth-order valence-corrected chi connectivity index (χ4v) is 2.31. The Morgan fingerprint density at radius 3 is 2.80 bits per heavy atom. The highest BCUT2D eigenvalue weighted by atomic mass is 16.2. The summed E-state index contributed by atoms with van der Waals surface area (Å²) in [6, 6.07) is 0.342. The summed E-state index contributed by atoms with van der Waals surface area (Å²) in [7, 11) is 2.12. The third-order valence-electron chi connectivity index (χ3n) is 3.27. The molecule has 0 spiro atoms. The average Bonchev–Trinajstić information content (AvgIpc) is 2.70. The molecule has 5 nitrogen and oxygen atoms in total. The molecule has 2 aliphatic rings. The van der Waals surface area contributed by atoms with Crippen molar-refractivity contribution in [1.29, 1.82) is 0 Å². The SMILES string of the molecule is CN1CCCC1CCN1CC(=O)NC1=O. The Kier molecular flexibility index (Phi) is 2.90. The highest BCUT2D eigenvalue weighted by Gasteiger charge is 2.28. The summed E-state index contributed by atoms with van der Waals surface area (Å²) in [5, 5.41) is 2.29. The molecule has 15 heavy (non-hydrogen) atoms. The van der Waals surface area contributed by atoms with Gasteiger partial charge in [-0.25, -0.2) is 4.79 Å². The monoisotopic (exact) mass is 211 g/mol. The standard InChI is InChI=1S/C10H17N3O2/c1-12-5-2-3-8(12)4-6-13-7-9(14)11-10(13)15/h8H,2-7H2,1H3,(H,11,14,15). The summed E-state index contributed by atoms with van der Waals surface area (Å²) in [5.74, 6) is -0.181. The molecule has 1 N–H and O–H groups in total. The molecule has 2 rings (SSSR count). The molecule has 0 saturated carbocycles. The van der Waals surface area contributed by atoms with E-state index in [0.717, 1.165) is 13.0 Å². The number of hydrogen-bond donors (Lipinski definition) is 1. The van der Waals surface area contributed by atoms with E-state index in [2.05, 4.69) is 17.3 Å². The van der Waals surface area contributed by atoms with Gasteiger partial charge in [0, 0.05) is 12.6 Å². The maximum atomic E-state index is 11.3. The van der Waals surface area contributed by atoms with Gasteiger partial charge in [-0.1, -0.05) is 0 Å². The number of likely N-dealkylation sites (tertiary alicyclic amines) is 1. The first-order chi connectivity index (χ1) is 7.16. The van der Waals surface area contributed by atoms with Crippen LogP contribution >= 0.6 is 0 Å². The van der Waals surface area contributed by atoms with E-state index in [1.165, 1.54) is 12.8 Å². The highest BCUT2D eigenvalue weighted by Crippen LogP contribution is 2.18. The fourth-order valence-electron chi connectivity index (χ4n) is 2.31. The number of rotatable bonds is 3. The Morgan fingerprint density at radius 2 is 2.27 bits per heavy atom. The van der Waals surface area contributed by atoms with E-state index in [-0.39, 0.29) is 18.5 Å². The summed E-state index contributed by atoms with van der Waals surface area (Å²) in [5.41, 5.74) is 0. The van der Waals surface area contributed by atoms with Gasteiger partial charge in [-0.3, -0.25) is 10.1 Å².